The van der Waals surface area contributed by atoms with Gasteiger partial charge in [-0.25, -0.2) is 4.79 Å². The molecule has 1 aromatic carbocycles. The van der Waals surface area contributed by atoms with E-state index in [2.05, 4.69) is 27.9 Å². The summed E-state index contributed by atoms with van der Waals surface area (Å²) in [6.07, 6.45) is 1.53. The van der Waals surface area contributed by atoms with Gasteiger partial charge in [0.25, 0.3) is 5.91 Å². The second kappa shape index (κ2) is 7.30. The lowest BCUT2D eigenvalue weighted by atomic mass is 10.2. The zero-order valence-electron chi connectivity index (χ0n) is 11.8. The van der Waals surface area contributed by atoms with Gasteiger partial charge in [0.15, 0.2) is 6.61 Å². The van der Waals surface area contributed by atoms with Gasteiger partial charge in [-0.15, -0.1) is 0 Å². The van der Waals surface area contributed by atoms with E-state index in [4.69, 9.17) is 14.9 Å². The van der Waals surface area contributed by atoms with Gasteiger partial charge < -0.3 is 20.2 Å². The van der Waals surface area contributed by atoms with Crippen LogP contribution in [0.5, 0.6) is 0 Å². The summed E-state index contributed by atoms with van der Waals surface area (Å²) in [6, 6.07) is 8.20. The van der Waals surface area contributed by atoms with Crippen LogP contribution in [-0.4, -0.2) is 18.5 Å². The van der Waals surface area contributed by atoms with Crippen molar-refractivity contribution in [2.24, 2.45) is 0 Å². The summed E-state index contributed by atoms with van der Waals surface area (Å²) in [5, 5.41) is 2.67. The molecule has 1 aromatic heterocycles. The molecular weight excluding hydrogens is 399 g/mol. The quantitative estimate of drug-likeness (QED) is 0.446. The number of ether oxygens (including phenoxy) is 1. The first-order valence-electron chi connectivity index (χ1n) is 6.52. The van der Waals surface area contributed by atoms with E-state index < -0.39 is 11.9 Å². The van der Waals surface area contributed by atoms with E-state index in [9.17, 15) is 9.59 Å². The second-order valence-electron chi connectivity index (χ2n) is 4.61. The fraction of sp³-hybridized carbons (Fsp3) is 0.200. The molecule has 2 rings (SSSR count). The fourth-order valence-electron chi connectivity index (χ4n) is 1.81. The summed E-state index contributed by atoms with van der Waals surface area (Å²) in [7, 11) is 0. The zero-order valence-corrected chi connectivity index (χ0v) is 14.0. The molecule has 6 nitrogen and oxygen atoms in total. The van der Waals surface area contributed by atoms with Crippen LogP contribution in [0.3, 0.4) is 0 Å². The number of anilines is 1. The molecule has 0 aliphatic rings. The Kier molecular flexibility index (Phi) is 5.42. The van der Waals surface area contributed by atoms with Crippen molar-refractivity contribution in [2.75, 3.05) is 12.3 Å². The molecular formula is C15H15IN2O4. The molecule has 1 atom stereocenters. The number of benzene rings is 1. The number of hydrogen-bond donors (Lipinski definition) is 2. The number of hydrogen-bond acceptors (Lipinski definition) is 5. The Hall–Kier alpha value is -2.03. The highest BCUT2D eigenvalue weighted by Crippen LogP contribution is 2.17. The molecule has 7 heteroatoms. The maximum Gasteiger partial charge on any atom is 0.340 e. The third-order valence-electron chi connectivity index (χ3n) is 2.92. The van der Waals surface area contributed by atoms with Crippen molar-refractivity contribution in [3.63, 3.8) is 0 Å². The van der Waals surface area contributed by atoms with Gasteiger partial charge in [0.1, 0.15) is 5.76 Å². The van der Waals surface area contributed by atoms with Crippen LogP contribution in [0.15, 0.2) is 41.0 Å². The second-order valence-corrected chi connectivity index (χ2v) is 5.86. The maximum absolute atomic E-state index is 11.9. The van der Waals surface area contributed by atoms with Gasteiger partial charge in [-0.05, 0) is 59.8 Å². The van der Waals surface area contributed by atoms with E-state index in [0.717, 1.165) is 3.57 Å². The highest BCUT2D eigenvalue weighted by atomic mass is 127. The smallest absolute Gasteiger partial charge is 0.340 e. The van der Waals surface area contributed by atoms with Crippen molar-refractivity contribution in [3.05, 3.63) is 51.5 Å². The number of carbonyl (C=O) groups excluding carboxylic acids is 2. The van der Waals surface area contributed by atoms with Gasteiger partial charge in [-0.2, -0.15) is 0 Å². The van der Waals surface area contributed by atoms with Crippen molar-refractivity contribution in [1.82, 2.24) is 5.32 Å². The van der Waals surface area contributed by atoms with Crippen molar-refractivity contribution in [3.8, 4) is 0 Å². The van der Waals surface area contributed by atoms with E-state index in [1.807, 2.05) is 0 Å². The van der Waals surface area contributed by atoms with Gasteiger partial charge in [-0.1, -0.05) is 0 Å². The molecule has 0 spiro atoms. The number of amides is 1. The SMILES string of the molecule is C[C@H](NC(=O)COC(=O)c1cc(I)ccc1N)c1ccco1. The summed E-state index contributed by atoms with van der Waals surface area (Å²) in [5.41, 5.74) is 6.29. The molecule has 0 bridgehead atoms. The number of carbonyl (C=O) groups is 2. The molecule has 116 valence electrons. The van der Waals surface area contributed by atoms with E-state index in [1.165, 1.54) is 6.26 Å². The fourth-order valence-corrected chi connectivity index (χ4v) is 2.30. The topological polar surface area (TPSA) is 94.6 Å². The Morgan fingerprint density at radius 1 is 1.41 bits per heavy atom. The van der Waals surface area contributed by atoms with Crippen molar-refractivity contribution in [2.45, 2.75) is 13.0 Å². The minimum atomic E-state index is -0.628. The molecule has 2 aromatic rings. The molecule has 3 N–H and O–H groups in total. The van der Waals surface area contributed by atoms with Crippen molar-refractivity contribution in [1.29, 1.82) is 0 Å². The number of furan rings is 1. The lowest BCUT2D eigenvalue weighted by molar-refractivity contribution is -0.125. The number of rotatable bonds is 5. The van der Waals surface area contributed by atoms with Crippen LogP contribution in [0.4, 0.5) is 5.69 Å². The Balaban J connectivity index is 1.88. The number of esters is 1. The Morgan fingerprint density at radius 3 is 2.86 bits per heavy atom. The van der Waals surface area contributed by atoms with E-state index >= 15 is 0 Å². The van der Waals surface area contributed by atoms with Gasteiger partial charge in [0.2, 0.25) is 0 Å². The maximum atomic E-state index is 11.9. The summed E-state index contributed by atoms with van der Waals surface area (Å²) in [6.45, 7) is 1.39. The molecule has 22 heavy (non-hydrogen) atoms. The predicted molar refractivity (Wildman–Crippen MR) is 89.1 cm³/mol. The van der Waals surface area contributed by atoms with Gasteiger partial charge in [0.05, 0.1) is 17.9 Å². The molecule has 1 amide bonds. The summed E-state index contributed by atoms with van der Waals surface area (Å²) in [5.74, 6) is -0.417. The van der Waals surface area contributed by atoms with Crippen LogP contribution in [0.25, 0.3) is 0 Å². The number of nitrogens with one attached hydrogen (secondary N) is 1. The zero-order chi connectivity index (χ0) is 16.1. The third-order valence-corrected chi connectivity index (χ3v) is 3.59. The lowest BCUT2D eigenvalue weighted by Crippen LogP contribution is -2.31. The highest BCUT2D eigenvalue weighted by Gasteiger charge is 2.16. The monoisotopic (exact) mass is 414 g/mol. The van der Waals surface area contributed by atoms with Crippen LogP contribution in [0.1, 0.15) is 29.1 Å². The van der Waals surface area contributed by atoms with Gasteiger partial charge in [-0.3, -0.25) is 4.79 Å². The first kappa shape index (κ1) is 16.3. The Labute approximate surface area is 141 Å². The first-order valence-corrected chi connectivity index (χ1v) is 7.60. The van der Waals surface area contributed by atoms with Gasteiger partial charge >= 0.3 is 5.97 Å². The molecule has 0 saturated heterocycles. The summed E-state index contributed by atoms with van der Waals surface area (Å²) in [4.78, 5) is 23.7. The average Bonchev–Trinajstić information content (AvgIpc) is 3.01. The number of nitrogen functional groups attached to an aromatic ring is 1. The summed E-state index contributed by atoms with van der Waals surface area (Å²) >= 11 is 2.07. The molecule has 0 aliphatic carbocycles. The van der Waals surface area contributed by atoms with Crippen LogP contribution >= 0.6 is 22.6 Å². The molecule has 0 radical (unpaired) electrons. The van der Waals surface area contributed by atoms with E-state index in [0.29, 0.717) is 11.4 Å². The standard InChI is InChI=1S/C15H15IN2O4/c1-9(13-3-2-6-21-13)18-14(19)8-22-15(20)11-7-10(16)4-5-12(11)17/h2-7,9H,8,17H2,1H3,(H,18,19)/t9-/m0/s1. The van der Waals surface area contributed by atoms with Crippen LogP contribution in [0, 0.1) is 3.57 Å². The van der Waals surface area contributed by atoms with E-state index in [1.54, 1.807) is 37.3 Å². The average molecular weight is 414 g/mol. The normalized spacial score (nSPS) is 11.7. The van der Waals surface area contributed by atoms with Crippen molar-refractivity contribution < 1.29 is 18.7 Å². The molecule has 0 saturated carbocycles. The highest BCUT2D eigenvalue weighted by molar-refractivity contribution is 14.1. The molecule has 0 unspecified atom stereocenters. The van der Waals surface area contributed by atoms with Gasteiger partial charge in [0, 0.05) is 9.26 Å². The van der Waals surface area contributed by atoms with E-state index in [-0.39, 0.29) is 18.2 Å². The third kappa shape index (κ3) is 4.23. The van der Waals surface area contributed by atoms with Crippen LogP contribution in [0.2, 0.25) is 0 Å². The molecule has 1 heterocycles. The predicted octanol–water partition coefficient (Wildman–Crippen LogP) is 2.50. The number of nitrogens with two attached hydrogens (primary N) is 1. The van der Waals surface area contributed by atoms with Crippen LogP contribution in [-0.2, 0) is 9.53 Å². The molecule has 0 fully saturated rings. The largest absolute Gasteiger partial charge is 0.467 e. The van der Waals surface area contributed by atoms with Crippen molar-refractivity contribution >= 4 is 40.2 Å². The van der Waals surface area contributed by atoms with Crippen LogP contribution < -0.4 is 11.1 Å². The first-order chi connectivity index (χ1) is 10.5. The number of halogens is 1. The Bertz CT molecular complexity index is 670. The lowest BCUT2D eigenvalue weighted by Gasteiger charge is -2.12. The molecule has 0 aliphatic heterocycles. The minimum Gasteiger partial charge on any atom is -0.467 e. The Morgan fingerprint density at radius 2 is 2.18 bits per heavy atom. The summed E-state index contributed by atoms with van der Waals surface area (Å²) < 4.78 is 11.0. The minimum absolute atomic E-state index is 0.249.